The predicted octanol–water partition coefficient (Wildman–Crippen LogP) is 4.72. The van der Waals surface area contributed by atoms with E-state index >= 15 is 0 Å². The molecule has 0 unspecified atom stereocenters. The van der Waals surface area contributed by atoms with Crippen molar-refractivity contribution in [2.75, 3.05) is 6.54 Å². The van der Waals surface area contributed by atoms with E-state index in [2.05, 4.69) is 15.1 Å². The normalized spacial score (nSPS) is 17.1. The molecule has 4 aromatic rings. The molecular formula is C29H27ClFN5O3. The van der Waals surface area contributed by atoms with E-state index in [0.29, 0.717) is 27.3 Å². The molecule has 2 aromatic carbocycles. The number of amides is 1. The zero-order valence-electron chi connectivity index (χ0n) is 21.8. The highest BCUT2D eigenvalue weighted by Gasteiger charge is 2.39. The summed E-state index contributed by atoms with van der Waals surface area (Å²) in [4.78, 5) is 48.8. The minimum absolute atomic E-state index is 0.00632. The summed E-state index contributed by atoms with van der Waals surface area (Å²) in [6.45, 7) is 4.64. The molecule has 0 bridgehead atoms. The first kappa shape index (κ1) is 26.6. The van der Waals surface area contributed by atoms with Gasteiger partial charge in [0, 0.05) is 48.1 Å². The number of aryl methyl sites for hydroxylation is 2. The van der Waals surface area contributed by atoms with Crippen molar-refractivity contribution in [3.63, 3.8) is 0 Å². The highest BCUT2D eigenvalue weighted by Crippen LogP contribution is 2.29. The topological polar surface area (TPSA) is 98.1 Å². The van der Waals surface area contributed by atoms with Gasteiger partial charge in [-0.3, -0.25) is 19.1 Å². The number of hydrogen-bond donors (Lipinski definition) is 0. The number of carbonyl (C=O) groups is 3. The van der Waals surface area contributed by atoms with Gasteiger partial charge in [0.2, 0.25) is 5.91 Å². The molecule has 1 saturated heterocycles. The average Bonchev–Trinajstić information content (AvgIpc) is 3.48. The summed E-state index contributed by atoms with van der Waals surface area (Å²) in [5.41, 5.74) is 3.87. The van der Waals surface area contributed by atoms with Crippen molar-refractivity contribution < 1.29 is 18.8 Å². The number of rotatable bonds is 7. The molecule has 0 saturated carbocycles. The molecule has 0 N–H and O–H groups in total. The van der Waals surface area contributed by atoms with E-state index in [0.717, 1.165) is 16.7 Å². The molecule has 1 amide bonds. The number of likely N-dealkylation sites (tertiary alicyclic amines) is 1. The lowest BCUT2D eigenvalue weighted by Gasteiger charge is -2.23. The van der Waals surface area contributed by atoms with Gasteiger partial charge in [0.05, 0.1) is 18.1 Å². The third-order valence-electron chi connectivity index (χ3n) is 7.06. The quantitative estimate of drug-likeness (QED) is 0.311. The third-order valence-corrected chi connectivity index (χ3v) is 7.60. The van der Waals surface area contributed by atoms with E-state index in [4.69, 9.17) is 11.6 Å². The fourth-order valence-electron chi connectivity index (χ4n) is 5.02. The van der Waals surface area contributed by atoms with Gasteiger partial charge in [-0.05, 0) is 42.7 Å². The van der Waals surface area contributed by atoms with Crippen molar-refractivity contribution in [1.29, 1.82) is 0 Å². The zero-order valence-corrected chi connectivity index (χ0v) is 22.6. The van der Waals surface area contributed by atoms with Crippen LogP contribution in [-0.4, -0.2) is 60.9 Å². The van der Waals surface area contributed by atoms with Crippen LogP contribution in [0.15, 0.2) is 48.8 Å². The van der Waals surface area contributed by atoms with Gasteiger partial charge in [-0.25, -0.2) is 14.4 Å². The Hall–Kier alpha value is -3.98. The molecule has 2 aromatic heterocycles. The molecule has 1 aliphatic heterocycles. The van der Waals surface area contributed by atoms with Crippen LogP contribution in [-0.2, 0) is 22.6 Å². The average molecular weight is 548 g/mol. The van der Waals surface area contributed by atoms with Crippen LogP contribution in [0.2, 0.25) is 5.02 Å². The lowest BCUT2D eigenvalue weighted by atomic mass is 10.00. The molecule has 1 fully saturated rings. The third kappa shape index (κ3) is 5.31. The predicted molar refractivity (Wildman–Crippen MR) is 145 cm³/mol. The first-order valence-corrected chi connectivity index (χ1v) is 13.0. The van der Waals surface area contributed by atoms with Gasteiger partial charge < -0.3 is 4.90 Å². The Kier molecular flexibility index (Phi) is 7.27. The minimum atomic E-state index is -1.31. The Morgan fingerprint density at radius 1 is 1.08 bits per heavy atom. The largest absolute Gasteiger partial charge is 0.328 e. The van der Waals surface area contributed by atoms with E-state index in [1.165, 1.54) is 16.5 Å². The standard InChI is InChI=1S/C29H27ClFN5O3/c1-16-5-4-6-20(28(16)30)10-26(38)25-11-22(31)14-35(25)27(39)15-36-24-8-7-19(21-12-32-18(3)33-13-21)9-23(24)29(34-36)17(2)37/h4-9,12-13,22,25H,10-11,14-15H2,1-3H3/t22-,25+/m1/s1. The van der Waals surface area contributed by atoms with E-state index < -0.39 is 18.1 Å². The Bertz CT molecular complexity index is 1600. The molecule has 39 heavy (non-hydrogen) atoms. The van der Waals surface area contributed by atoms with Crippen LogP contribution < -0.4 is 0 Å². The van der Waals surface area contributed by atoms with Crippen LogP contribution in [0.5, 0.6) is 0 Å². The molecule has 8 nitrogen and oxygen atoms in total. The lowest BCUT2D eigenvalue weighted by Crippen LogP contribution is -2.43. The van der Waals surface area contributed by atoms with Crippen molar-refractivity contribution in [1.82, 2.24) is 24.6 Å². The molecule has 3 heterocycles. The molecule has 0 radical (unpaired) electrons. The number of ketones is 2. The van der Waals surface area contributed by atoms with Crippen molar-refractivity contribution in [3.8, 4) is 11.1 Å². The summed E-state index contributed by atoms with van der Waals surface area (Å²) in [5, 5.41) is 5.50. The van der Waals surface area contributed by atoms with E-state index in [9.17, 15) is 18.8 Å². The van der Waals surface area contributed by atoms with Gasteiger partial charge >= 0.3 is 0 Å². The summed E-state index contributed by atoms with van der Waals surface area (Å²) < 4.78 is 15.9. The van der Waals surface area contributed by atoms with Gasteiger partial charge in [-0.15, -0.1) is 0 Å². The van der Waals surface area contributed by atoms with Gasteiger partial charge in [-0.2, -0.15) is 5.10 Å². The van der Waals surface area contributed by atoms with Crippen LogP contribution in [0.1, 0.15) is 40.8 Å². The number of Topliss-reactive ketones (excluding diaryl/α,β-unsaturated/α-hetero) is 2. The Morgan fingerprint density at radius 3 is 2.54 bits per heavy atom. The van der Waals surface area contributed by atoms with Crippen LogP contribution in [0.3, 0.4) is 0 Å². The molecule has 10 heteroatoms. The second-order valence-electron chi connectivity index (χ2n) is 9.90. The number of hydrogen-bond acceptors (Lipinski definition) is 6. The Balaban J connectivity index is 1.41. The number of benzene rings is 2. The van der Waals surface area contributed by atoms with Crippen molar-refractivity contribution in [2.24, 2.45) is 0 Å². The Labute approximate surface area is 229 Å². The number of aromatic nitrogens is 4. The number of halogens is 2. The van der Waals surface area contributed by atoms with Crippen LogP contribution in [0.25, 0.3) is 22.0 Å². The van der Waals surface area contributed by atoms with E-state index in [1.54, 1.807) is 31.5 Å². The summed E-state index contributed by atoms with van der Waals surface area (Å²) in [6.07, 6.45) is 2.04. The highest BCUT2D eigenvalue weighted by molar-refractivity contribution is 6.32. The molecule has 1 aliphatic rings. The molecular weight excluding hydrogens is 521 g/mol. The number of fused-ring (bicyclic) bond motifs is 1. The summed E-state index contributed by atoms with van der Waals surface area (Å²) in [6, 6.07) is 9.96. The van der Waals surface area contributed by atoms with Crippen LogP contribution in [0, 0.1) is 13.8 Å². The van der Waals surface area contributed by atoms with Crippen molar-refractivity contribution >= 4 is 40.0 Å². The maximum absolute atomic E-state index is 14.5. The fraction of sp³-hybridized carbons (Fsp3) is 0.310. The molecule has 5 rings (SSSR count). The van der Waals surface area contributed by atoms with Gasteiger partial charge in [-0.1, -0.05) is 35.9 Å². The number of alkyl halides is 1. The number of carbonyl (C=O) groups excluding carboxylic acids is 3. The Morgan fingerprint density at radius 2 is 1.82 bits per heavy atom. The maximum Gasteiger partial charge on any atom is 0.245 e. The summed E-state index contributed by atoms with van der Waals surface area (Å²) >= 11 is 6.37. The first-order valence-electron chi connectivity index (χ1n) is 12.6. The number of nitrogens with zero attached hydrogens (tertiary/aromatic N) is 5. The first-order chi connectivity index (χ1) is 18.6. The van der Waals surface area contributed by atoms with E-state index in [-0.39, 0.29) is 43.2 Å². The van der Waals surface area contributed by atoms with Crippen molar-refractivity contribution in [3.05, 3.63) is 76.5 Å². The molecule has 0 spiro atoms. The molecule has 200 valence electrons. The highest BCUT2D eigenvalue weighted by atomic mass is 35.5. The lowest BCUT2D eigenvalue weighted by molar-refractivity contribution is -0.138. The molecule has 0 aliphatic carbocycles. The van der Waals surface area contributed by atoms with Crippen LogP contribution >= 0.6 is 11.6 Å². The summed E-state index contributed by atoms with van der Waals surface area (Å²) in [5.74, 6) is -0.321. The second kappa shape index (κ2) is 10.6. The minimum Gasteiger partial charge on any atom is -0.328 e. The van der Waals surface area contributed by atoms with Gasteiger partial charge in [0.1, 0.15) is 24.2 Å². The second-order valence-corrected chi connectivity index (χ2v) is 10.3. The van der Waals surface area contributed by atoms with E-state index in [1.807, 2.05) is 31.2 Å². The van der Waals surface area contributed by atoms with Crippen molar-refractivity contribution in [2.45, 2.75) is 52.4 Å². The van der Waals surface area contributed by atoms with Crippen LogP contribution in [0.4, 0.5) is 4.39 Å². The maximum atomic E-state index is 14.5. The smallest absolute Gasteiger partial charge is 0.245 e. The summed E-state index contributed by atoms with van der Waals surface area (Å²) in [7, 11) is 0. The zero-order chi connectivity index (χ0) is 27.8. The SMILES string of the molecule is CC(=O)c1nn(CC(=O)N2C[C@H](F)C[C@H]2C(=O)Cc2cccc(C)c2Cl)c2ccc(-c3cnc(C)nc3)cc12. The van der Waals surface area contributed by atoms with Gasteiger partial charge in [0.25, 0.3) is 0 Å². The molecule has 2 atom stereocenters. The fourth-order valence-corrected chi connectivity index (χ4v) is 5.21. The monoisotopic (exact) mass is 547 g/mol. The van der Waals surface area contributed by atoms with Gasteiger partial charge in [0.15, 0.2) is 11.6 Å².